The SMILES string of the molecule is O=S(=O)(CC1CCCC1)N1CCCC(O)(Cn2ccnn2)C1. The van der Waals surface area contributed by atoms with Gasteiger partial charge < -0.3 is 5.11 Å². The van der Waals surface area contributed by atoms with Gasteiger partial charge in [0.05, 0.1) is 24.1 Å². The number of hydrogen-bond acceptors (Lipinski definition) is 5. The molecule has 0 spiro atoms. The van der Waals surface area contributed by atoms with E-state index in [2.05, 4.69) is 10.3 Å². The summed E-state index contributed by atoms with van der Waals surface area (Å²) in [7, 11) is -3.29. The Kier molecular flexibility index (Phi) is 4.52. The molecule has 2 fully saturated rings. The molecule has 1 atom stereocenters. The third-order valence-electron chi connectivity index (χ3n) is 4.76. The van der Waals surface area contributed by atoms with Gasteiger partial charge in [-0.1, -0.05) is 18.1 Å². The van der Waals surface area contributed by atoms with Gasteiger partial charge in [0.1, 0.15) is 0 Å². The van der Waals surface area contributed by atoms with Crippen LogP contribution in [-0.2, 0) is 16.6 Å². The van der Waals surface area contributed by atoms with Crippen molar-refractivity contribution >= 4 is 10.0 Å². The van der Waals surface area contributed by atoms with Gasteiger partial charge in [0.15, 0.2) is 0 Å². The molecular formula is C14H24N4O3S. The summed E-state index contributed by atoms with van der Waals surface area (Å²) in [6, 6.07) is 0. The molecule has 1 aliphatic heterocycles. The van der Waals surface area contributed by atoms with E-state index in [9.17, 15) is 13.5 Å². The maximum atomic E-state index is 12.6. The largest absolute Gasteiger partial charge is 0.387 e. The van der Waals surface area contributed by atoms with Crippen LogP contribution in [0, 0.1) is 5.92 Å². The van der Waals surface area contributed by atoms with Crippen molar-refractivity contribution in [3.63, 3.8) is 0 Å². The fourth-order valence-electron chi connectivity index (χ4n) is 3.64. The number of piperidine rings is 1. The smallest absolute Gasteiger partial charge is 0.214 e. The number of β-amino-alcohol motifs (C(OH)–C–C–N with tert-alkyl or cyclic N) is 1. The van der Waals surface area contributed by atoms with Crippen molar-refractivity contribution in [1.82, 2.24) is 19.3 Å². The second kappa shape index (κ2) is 6.25. The second-order valence-electron chi connectivity index (χ2n) is 6.69. The lowest BCUT2D eigenvalue weighted by atomic mass is 9.94. The van der Waals surface area contributed by atoms with Crippen molar-refractivity contribution < 1.29 is 13.5 Å². The first-order valence-electron chi connectivity index (χ1n) is 8.01. The van der Waals surface area contributed by atoms with Crippen LogP contribution >= 0.6 is 0 Å². The van der Waals surface area contributed by atoms with E-state index in [0.29, 0.717) is 19.4 Å². The summed E-state index contributed by atoms with van der Waals surface area (Å²) >= 11 is 0. The summed E-state index contributed by atoms with van der Waals surface area (Å²) in [6.45, 7) is 0.944. The van der Waals surface area contributed by atoms with Crippen LogP contribution in [0.15, 0.2) is 12.4 Å². The summed E-state index contributed by atoms with van der Waals surface area (Å²) in [4.78, 5) is 0. The van der Waals surface area contributed by atoms with E-state index in [1.54, 1.807) is 17.1 Å². The summed E-state index contributed by atoms with van der Waals surface area (Å²) < 4.78 is 28.3. The Morgan fingerprint density at radius 2 is 2.05 bits per heavy atom. The molecule has 1 unspecified atom stereocenters. The molecule has 124 valence electrons. The molecule has 3 rings (SSSR count). The summed E-state index contributed by atoms with van der Waals surface area (Å²) in [5.74, 6) is 0.516. The molecule has 1 aromatic rings. The number of aliphatic hydroxyl groups is 1. The van der Waals surface area contributed by atoms with Gasteiger partial charge >= 0.3 is 0 Å². The normalized spacial score (nSPS) is 28.2. The average Bonchev–Trinajstić information content (AvgIpc) is 3.11. The first-order valence-corrected chi connectivity index (χ1v) is 9.62. The van der Waals surface area contributed by atoms with Crippen LogP contribution in [0.3, 0.4) is 0 Å². The van der Waals surface area contributed by atoms with Crippen LogP contribution < -0.4 is 0 Å². The van der Waals surface area contributed by atoms with Gasteiger partial charge in [-0.25, -0.2) is 13.1 Å². The molecule has 1 saturated carbocycles. The Morgan fingerprint density at radius 1 is 1.27 bits per heavy atom. The highest BCUT2D eigenvalue weighted by Crippen LogP contribution is 2.29. The molecule has 0 aromatic carbocycles. The first-order chi connectivity index (χ1) is 10.5. The lowest BCUT2D eigenvalue weighted by molar-refractivity contribution is -0.0248. The number of nitrogens with zero attached hydrogens (tertiary/aromatic N) is 4. The fraction of sp³-hybridized carbons (Fsp3) is 0.857. The van der Waals surface area contributed by atoms with Gasteiger partial charge in [0.25, 0.3) is 0 Å². The van der Waals surface area contributed by atoms with Gasteiger partial charge in [-0.3, -0.25) is 0 Å². The summed E-state index contributed by atoms with van der Waals surface area (Å²) in [5.41, 5.74) is -1.06. The standard InChI is InChI=1S/C14H24N4O3S/c19-14(11-17-9-7-15-16-17)6-3-8-18(12-14)22(20,21)10-13-4-1-2-5-13/h7,9,13,19H,1-6,8,10-12H2. The Morgan fingerprint density at radius 3 is 2.73 bits per heavy atom. The van der Waals surface area contributed by atoms with E-state index in [4.69, 9.17) is 0 Å². The minimum atomic E-state index is -3.29. The maximum Gasteiger partial charge on any atom is 0.214 e. The molecule has 0 bridgehead atoms. The molecular weight excluding hydrogens is 304 g/mol. The summed E-state index contributed by atoms with van der Waals surface area (Å²) in [5, 5.41) is 18.3. The van der Waals surface area contributed by atoms with Crippen LogP contribution in [0.1, 0.15) is 38.5 Å². The molecule has 1 aromatic heterocycles. The van der Waals surface area contributed by atoms with E-state index < -0.39 is 15.6 Å². The van der Waals surface area contributed by atoms with Crippen LogP contribution in [0.4, 0.5) is 0 Å². The number of rotatable bonds is 5. The zero-order valence-corrected chi connectivity index (χ0v) is 13.6. The minimum absolute atomic E-state index is 0.155. The highest BCUT2D eigenvalue weighted by atomic mass is 32.2. The van der Waals surface area contributed by atoms with Crippen molar-refractivity contribution in [2.24, 2.45) is 5.92 Å². The molecule has 22 heavy (non-hydrogen) atoms. The van der Waals surface area contributed by atoms with Crippen LogP contribution in [0.25, 0.3) is 0 Å². The van der Waals surface area contributed by atoms with Crippen molar-refractivity contribution in [1.29, 1.82) is 0 Å². The molecule has 0 amide bonds. The molecule has 0 radical (unpaired) electrons. The molecule has 1 aliphatic carbocycles. The number of hydrogen-bond donors (Lipinski definition) is 1. The molecule has 2 heterocycles. The topological polar surface area (TPSA) is 88.3 Å². The van der Waals surface area contributed by atoms with Gasteiger partial charge in [-0.05, 0) is 31.6 Å². The van der Waals surface area contributed by atoms with E-state index in [1.165, 1.54) is 4.31 Å². The maximum absolute atomic E-state index is 12.6. The van der Waals surface area contributed by atoms with Crippen molar-refractivity contribution in [2.75, 3.05) is 18.8 Å². The second-order valence-corrected chi connectivity index (χ2v) is 8.70. The highest BCUT2D eigenvalue weighted by Gasteiger charge is 2.39. The van der Waals surface area contributed by atoms with Crippen LogP contribution in [0.5, 0.6) is 0 Å². The Bertz CT molecular complexity index is 583. The molecule has 1 N–H and O–H groups in total. The van der Waals surface area contributed by atoms with Gasteiger partial charge in [-0.2, -0.15) is 4.31 Å². The Hall–Kier alpha value is -0.990. The van der Waals surface area contributed by atoms with Crippen molar-refractivity contribution in [3.8, 4) is 0 Å². The fourth-order valence-corrected chi connectivity index (χ4v) is 5.62. The van der Waals surface area contributed by atoms with Gasteiger partial charge in [-0.15, -0.1) is 5.10 Å². The van der Waals surface area contributed by atoms with Gasteiger partial charge in [0.2, 0.25) is 10.0 Å². The number of sulfonamides is 1. The zero-order chi connectivity index (χ0) is 15.6. The summed E-state index contributed by atoms with van der Waals surface area (Å²) in [6.07, 6.45) is 8.79. The van der Waals surface area contributed by atoms with Crippen molar-refractivity contribution in [3.05, 3.63) is 12.4 Å². The van der Waals surface area contributed by atoms with E-state index in [1.807, 2.05) is 0 Å². The predicted molar refractivity (Wildman–Crippen MR) is 81.5 cm³/mol. The minimum Gasteiger partial charge on any atom is -0.387 e. The van der Waals surface area contributed by atoms with Crippen molar-refractivity contribution in [2.45, 2.75) is 50.7 Å². The molecule has 8 heteroatoms. The van der Waals surface area contributed by atoms with E-state index >= 15 is 0 Å². The van der Waals surface area contributed by atoms with Crippen LogP contribution in [-0.4, -0.2) is 57.3 Å². The average molecular weight is 328 g/mol. The predicted octanol–water partition coefficient (Wildman–Crippen LogP) is 0.625. The third kappa shape index (κ3) is 3.67. The van der Waals surface area contributed by atoms with E-state index in [0.717, 1.165) is 25.7 Å². The first kappa shape index (κ1) is 15.9. The zero-order valence-electron chi connectivity index (χ0n) is 12.8. The molecule has 1 saturated heterocycles. The lowest BCUT2D eigenvalue weighted by Gasteiger charge is -2.38. The molecule has 7 nitrogen and oxygen atoms in total. The third-order valence-corrected chi connectivity index (χ3v) is 6.75. The Labute approximate surface area is 131 Å². The van der Waals surface area contributed by atoms with E-state index in [-0.39, 0.29) is 24.8 Å². The highest BCUT2D eigenvalue weighted by molar-refractivity contribution is 7.89. The Balaban J connectivity index is 1.66. The van der Waals surface area contributed by atoms with Crippen LogP contribution in [0.2, 0.25) is 0 Å². The lowest BCUT2D eigenvalue weighted by Crippen LogP contribution is -2.53. The number of aromatic nitrogens is 3. The van der Waals surface area contributed by atoms with Gasteiger partial charge in [0, 0.05) is 19.3 Å². The molecule has 2 aliphatic rings. The quantitative estimate of drug-likeness (QED) is 0.856. The monoisotopic (exact) mass is 328 g/mol.